The van der Waals surface area contributed by atoms with Crippen molar-refractivity contribution in [2.75, 3.05) is 7.11 Å². The van der Waals surface area contributed by atoms with E-state index in [9.17, 15) is 9.59 Å². The number of hydrogen-bond acceptors (Lipinski definition) is 4. The molecular weight excluding hydrogens is 368 g/mol. The number of benzene rings is 1. The Hall–Kier alpha value is -2.50. The zero-order chi connectivity index (χ0) is 20.2. The number of hydrogen-bond donors (Lipinski definition) is 2. The van der Waals surface area contributed by atoms with Gasteiger partial charge >= 0.3 is 5.91 Å². The number of furan rings is 1. The lowest BCUT2D eigenvalue weighted by atomic mass is 9.49. The fraction of sp³-hybridized carbons (Fsp3) is 0.565. The fourth-order valence-electron chi connectivity index (χ4n) is 6.62. The number of ether oxygens (including phenoxy) is 1. The molecule has 2 aromatic rings. The normalized spacial score (nSPS) is 29.8. The van der Waals surface area contributed by atoms with Crippen LogP contribution in [-0.2, 0) is 4.79 Å². The van der Waals surface area contributed by atoms with Gasteiger partial charge in [-0.3, -0.25) is 20.4 Å². The number of amides is 2. The highest BCUT2D eigenvalue weighted by Crippen LogP contribution is 2.61. The molecule has 4 fully saturated rings. The van der Waals surface area contributed by atoms with Gasteiger partial charge in [0.25, 0.3) is 0 Å². The third-order valence-electron chi connectivity index (χ3n) is 7.37. The molecule has 0 unspecified atom stereocenters. The molecule has 4 aliphatic carbocycles. The maximum absolute atomic E-state index is 12.6. The first-order valence-corrected chi connectivity index (χ1v) is 10.6. The average molecular weight is 396 g/mol. The van der Waals surface area contributed by atoms with E-state index in [4.69, 9.17) is 9.15 Å². The van der Waals surface area contributed by atoms with Crippen molar-refractivity contribution in [1.29, 1.82) is 0 Å². The minimum Gasteiger partial charge on any atom is -0.497 e. The second-order valence-corrected chi connectivity index (χ2v) is 9.51. The standard InChI is InChI=1S/C23H28N2O4/c1-13-18-8-17(28-2)3-4-19(18)29-21(13)22(27)25-24-20(26)12-23-9-14-5-15(10-23)7-16(6-14)11-23/h3-4,8,14-16H,5-7,9-12H2,1-2H3,(H,24,26)(H,25,27). The number of rotatable bonds is 4. The van der Waals surface area contributed by atoms with E-state index in [2.05, 4.69) is 10.9 Å². The molecule has 0 spiro atoms. The predicted molar refractivity (Wildman–Crippen MR) is 108 cm³/mol. The molecule has 6 heteroatoms. The summed E-state index contributed by atoms with van der Waals surface area (Å²) in [5, 5.41) is 0.828. The number of methoxy groups -OCH3 is 1. The minimum absolute atomic E-state index is 0.101. The van der Waals surface area contributed by atoms with Gasteiger partial charge in [0.15, 0.2) is 5.76 Å². The Morgan fingerprint density at radius 2 is 1.76 bits per heavy atom. The highest BCUT2D eigenvalue weighted by atomic mass is 16.5. The molecule has 1 aromatic heterocycles. The average Bonchev–Trinajstić information content (AvgIpc) is 3.01. The zero-order valence-corrected chi connectivity index (χ0v) is 17.0. The van der Waals surface area contributed by atoms with Crippen LogP contribution in [0.1, 0.15) is 61.1 Å². The van der Waals surface area contributed by atoms with Crippen molar-refractivity contribution in [2.24, 2.45) is 23.2 Å². The summed E-state index contributed by atoms with van der Waals surface area (Å²) in [6.45, 7) is 1.83. The first-order chi connectivity index (χ1) is 13.9. The summed E-state index contributed by atoms with van der Waals surface area (Å²) >= 11 is 0. The second-order valence-electron chi connectivity index (χ2n) is 9.51. The summed E-state index contributed by atoms with van der Waals surface area (Å²) in [6.07, 6.45) is 8.09. The van der Waals surface area contributed by atoms with Crippen molar-refractivity contribution in [2.45, 2.75) is 51.9 Å². The van der Waals surface area contributed by atoms with E-state index in [1.54, 1.807) is 19.2 Å². The fourth-order valence-corrected chi connectivity index (χ4v) is 6.62. The van der Waals surface area contributed by atoms with Crippen LogP contribution in [0.4, 0.5) is 0 Å². The third kappa shape index (κ3) is 3.28. The number of carbonyl (C=O) groups excluding carboxylic acids is 2. The van der Waals surface area contributed by atoms with E-state index >= 15 is 0 Å². The molecule has 2 amide bonds. The number of fused-ring (bicyclic) bond motifs is 1. The number of hydrazine groups is 1. The highest BCUT2D eigenvalue weighted by Gasteiger charge is 2.51. The summed E-state index contributed by atoms with van der Waals surface area (Å²) in [5.41, 5.74) is 6.67. The molecule has 0 aliphatic heterocycles. The quantitative estimate of drug-likeness (QED) is 0.762. The van der Waals surface area contributed by atoms with Gasteiger partial charge in [0.1, 0.15) is 11.3 Å². The summed E-state index contributed by atoms with van der Waals surface area (Å²) in [7, 11) is 1.60. The minimum atomic E-state index is -0.434. The van der Waals surface area contributed by atoms with Crippen LogP contribution < -0.4 is 15.6 Å². The van der Waals surface area contributed by atoms with Crippen molar-refractivity contribution in [3.05, 3.63) is 29.5 Å². The molecule has 6 nitrogen and oxygen atoms in total. The van der Waals surface area contributed by atoms with E-state index in [0.717, 1.165) is 28.7 Å². The molecule has 29 heavy (non-hydrogen) atoms. The molecule has 1 aromatic carbocycles. The van der Waals surface area contributed by atoms with Crippen molar-refractivity contribution < 1.29 is 18.7 Å². The van der Waals surface area contributed by atoms with Crippen molar-refractivity contribution in [3.63, 3.8) is 0 Å². The van der Waals surface area contributed by atoms with Gasteiger partial charge in [-0.25, -0.2) is 0 Å². The van der Waals surface area contributed by atoms with E-state index in [1.165, 1.54) is 38.5 Å². The number of aryl methyl sites for hydroxylation is 1. The summed E-state index contributed by atoms with van der Waals surface area (Å²) in [4.78, 5) is 25.2. The second kappa shape index (κ2) is 6.78. The van der Waals surface area contributed by atoms with Gasteiger partial charge in [0.05, 0.1) is 7.11 Å². The van der Waals surface area contributed by atoms with E-state index in [1.807, 2.05) is 13.0 Å². The Balaban J connectivity index is 1.23. The summed E-state index contributed by atoms with van der Waals surface area (Å²) < 4.78 is 10.9. The van der Waals surface area contributed by atoms with Crippen molar-refractivity contribution in [1.82, 2.24) is 10.9 Å². The number of nitrogens with one attached hydrogen (secondary N) is 2. The van der Waals surface area contributed by atoms with Crippen LogP contribution in [0.25, 0.3) is 11.0 Å². The molecular formula is C23H28N2O4. The summed E-state index contributed by atoms with van der Waals surface area (Å²) in [6, 6.07) is 5.42. The van der Waals surface area contributed by atoms with Crippen LogP contribution in [0.3, 0.4) is 0 Å². The maximum Gasteiger partial charge on any atom is 0.305 e. The molecule has 6 rings (SSSR count). The van der Waals surface area contributed by atoms with Crippen molar-refractivity contribution >= 4 is 22.8 Å². The topological polar surface area (TPSA) is 80.6 Å². The van der Waals surface area contributed by atoms with Gasteiger partial charge in [-0.05, 0) is 86.8 Å². The van der Waals surface area contributed by atoms with E-state index < -0.39 is 5.91 Å². The van der Waals surface area contributed by atoms with Crippen LogP contribution in [0.15, 0.2) is 22.6 Å². The Morgan fingerprint density at radius 1 is 1.10 bits per heavy atom. The van der Waals surface area contributed by atoms with Crippen LogP contribution >= 0.6 is 0 Å². The first-order valence-electron chi connectivity index (χ1n) is 10.6. The Kier molecular flexibility index (Phi) is 4.33. The van der Waals surface area contributed by atoms with Gasteiger partial charge in [0.2, 0.25) is 5.91 Å². The molecule has 0 atom stereocenters. The van der Waals surface area contributed by atoms with Gasteiger partial charge in [-0.2, -0.15) is 0 Å². The highest BCUT2D eigenvalue weighted by molar-refractivity contribution is 5.99. The van der Waals surface area contributed by atoms with E-state index in [0.29, 0.717) is 17.8 Å². The Bertz CT molecular complexity index is 941. The van der Waals surface area contributed by atoms with Crippen molar-refractivity contribution in [3.8, 4) is 5.75 Å². The maximum atomic E-state index is 12.6. The molecule has 1 heterocycles. The van der Waals surface area contributed by atoms with Crippen LogP contribution in [0, 0.1) is 30.1 Å². The monoisotopic (exact) mass is 396 g/mol. The Morgan fingerprint density at radius 3 is 2.38 bits per heavy atom. The van der Waals surface area contributed by atoms with Gasteiger partial charge < -0.3 is 9.15 Å². The van der Waals surface area contributed by atoms with E-state index in [-0.39, 0.29) is 17.1 Å². The molecule has 154 valence electrons. The first kappa shape index (κ1) is 18.5. The molecule has 4 aliphatic rings. The van der Waals surface area contributed by atoms with Crippen LogP contribution in [0.2, 0.25) is 0 Å². The Labute approximate surface area is 170 Å². The zero-order valence-electron chi connectivity index (χ0n) is 17.0. The number of carbonyl (C=O) groups is 2. The molecule has 2 N–H and O–H groups in total. The molecule has 4 saturated carbocycles. The lowest BCUT2D eigenvalue weighted by Crippen LogP contribution is -2.50. The summed E-state index contributed by atoms with van der Waals surface area (Å²) in [5.74, 6) is 2.80. The lowest BCUT2D eigenvalue weighted by Gasteiger charge is -2.56. The van der Waals surface area contributed by atoms with Crippen LogP contribution in [-0.4, -0.2) is 18.9 Å². The predicted octanol–water partition coefficient (Wildman–Crippen LogP) is 4.12. The lowest BCUT2D eigenvalue weighted by molar-refractivity contribution is -0.130. The molecule has 4 bridgehead atoms. The molecule has 0 radical (unpaired) electrons. The van der Waals surface area contributed by atoms with Crippen LogP contribution in [0.5, 0.6) is 5.75 Å². The molecule has 0 saturated heterocycles. The SMILES string of the molecule is COc1ccc2oc(C(=O)NNC(=O)CC34CC5CC(CC(C5)C3)C4)c(C)c2c1. The largest absolute Gasteiger partial charge is 0.497 e. The van der Waals surface area contributed by atoms with Gasteiger partial charge in [-0.1, -0.05) is 0 Å². The van der Waals surface area contributed by atoms with Gasteiger partial charge in [-0.15, -0.1) is 0 Å². The third-order valence-corrected chi connectivity index (χ3v) is 7.37. The smallest absolute Gasteiger partial charge is 0.305 e. The van der Waals surface area contributed by atoms with Gasteiger partial charge in [0, 0.05) is 17.4 Å².